The highest BCUT2D eigenvalue weighted by Gasteiger charge is 2.32. The number of rotatable bonds is 4. The molecule has 1 heterocycles. The Hall–Kier alpha value is -1.56. The van der Waals surface area contributed by atoms with Gasteiger partial charge in [0, 0.05) is 13.1 Å². The summed E-state index contributed by atoms with van der Waals surface area (Å²) in [5.74, 6) is -0.113. The third-order valence-electron chi connectivity index (χ3n) is 4.27. The Kier molecular flexibility index (Phi) is 5.68. The first-order valence-corrected chi connectivity index (χ1v) is 10.0. The van der Waals surface area contributed by atoms with Crippen LogP contribution in [0.5, 0.6) is 0 Å². The Balaban J connectivity index is 2.27. The number of aryl methyl sites for hydroxylation is 1. The fourth-order valence-electron chi connectivity index (χ4n) is 3.05. The van der Waals surface area contributed by atoms with E-state index in [2.05, 4.69) is 0 Å². The Labute approximate surface area is 139 Å². The van der Waals surface area contributed by atoms with Crippen LogP contribution in [0.1, 0.15) is 38.2 Å². The molecule has 0 radical (unpaired) electrons. The van der Waals surface area contributed by atoms with Crippen molar-refractivity contribution < 1.29 is 13.2 Å². The maximum Gasteiger partial charge on any atom is 0.246 e. The molecule has 0 bridgehead atoms. The van der Waals surface area contributed by atoms with Gasteiger partial charge in [-0.15, -0.1) is 0 Å². The molecular weight excluding hydrogens is 312 g/mol. The zero-order valence-electron chi connectivity index (χ0n) is 14.2. The van der Waals surface area contributed by atoms with Crippen molar-refractivity contribution in [2.45, 2.75) is 45.6 Å². The second kappa shape index (κ2) is 7.34. The van der Waals surface area contributed by atoms with Gasteiger partial charge < -0.3 is 4.90 Å². The van der Waals surface area contributed by atoms with Crippen molar-refractivity contribution in [2.24, 2.45) is 0 Å². The average molecular weight is 338 g/mol. The van der Waals surface area contributed by atoms with E-state index in [1.807, 2.05) is 24.0 Å². The molecular formula is C17H26N2O3S. The molecule has 128 valence electrons. The molecule has 0 spiro atoms. The Morgan fingerprint density at radius 2 is 1.61 bits per heavy atom. The molecule has 1 aromatic rings. The molecule has 1 aromatic carbocycles. The van der Waals surface area contributed by atoms with Crippen molar-refractivity contribution in [2.75, 3.05) is 23.7 Å². The van der Waals surface area contributed by atoms with Crippen LogP contribution in [0.25, 0.3) is 0 Å². The van der Waals surface area contributed by atoms with E-state index in [0.717, 1.165) is 37.5 Å². The minimum atomic E-state index is -3.54. The molecule has 0 N–H and O–H groups in total. The van der Waals surface area contributed by atoms with E-state index < -0.39 is 16.1 Å². The number of nitrogens with zero attached hydrogens (tertiary/aromatic N) is 2. The number of hydrogen-bond acceptors (Lipinski definition) is 3. The van der Waals surface area contributed by atoms with Crippen molar-refractivity contribution in [3.8, 4) is 0 Å². The topological polar surface area (TPSA) is 57.7 Å². The summed E-state index contributed by atoms with van der Waals surface area (Å²) in [5.41, 5.74) is 1.59. The molecule has 2 rings (SSSR count). The summed E-state index contributed by atoms with van der Waals surface area (Å²) in [6.07, 6.45) is 5.39. The summed E-state index contributed by atoms with van der Waals surface area (Å²) in [6.45, 7) is 5.05. The highest BCUT2D eigenvalue weighted by Crippen LogP contribution is 2.23. The predicted molar refractivity (Wildman–Crippen MR) is 93.0 cm³/mol. The van der Waals surface area contributed by atoms with Crippen LogP contribution in [0.15, 0.2) is 24.3 Å². The molecule has 0 aliphatic carbocycles. The highest BCUT2D eigenvalue weighted by molar-refractivity contribution is 7.92. The van der Waals surface area contributed by atoms with Crippen LogP contribution >= 0.6 is 0 Å². The maximum atomic E-state index is 12.8. The van der Waals surface area contributed by atoms with Crippen LogP contribution in [0.3, 0.4) is 0 Å². The lowest BCUT2D eigenvalue weighted by atomic mass is 10.2. The zero-order chi connectivity index (χ0) is 17.0. The number of amides is 1. The van der Waals surface area contributed by atoms with Crippen LogP contribution in [0.4, 0.5) is 5.69 Å². The predicted octanol–water partition coefficient (Wildman–Crippen LogP) is 2.55. The lowest BCUT2D eigenvalue weighted by Crippen LogP contribution is -2.49. The van der Waals surface area contributed by atoms with Gasteiger partial charge in [-0.25, -0.2) is 8.42 Å². The van der Waals surface area contributed by atoms with E-state index in [1.54, 1.807) is 19.1 Å². The molecule has 0 aromatic heterocycles. The van der Waals surface area contributed by atoms with Crippen molar-refractivity contribution in [3.63, 3.8) is 0 Å². The largest absolute Gasteiger partial charge is 0.341 e. The summed E-state index contributed by atoms with van der Waals surface area (Å²) >= 11 is 0. The fraction of sp³-hybridized carbons (Fsp3) is 0.588. The lowest BCUT2D eigenvalue weighted by molar-refractivity contribution is -0.131. The summed E-state index contributed by atoms with van der Waals surface area (Å²) in [5, 5.41) is 0. The van der Waals surface area contributed by atoms with Gasteiger partial charge in [-0.3, -0.25) is 9.10 Å². The van der Waals surface area contributed by atoms with Gasteiger partial charge in [-0.2, -0.15) is 0 Å². The number of anilines is 1. The van der Waals surface area contributed by atoms with E-state index in [0.29, 0.717) is 18.8 Å². The molecule has 1 amide bonds. The second-order valence-corrected chi connectivity index (χ2v) is 8.17. The normalized spacial score (nSPS) is 17.4. The molecule has 6 heteroatoms. The molecule has 1 aliphatic heterocycles. The molecule has 1 saturated heterocycles. The van der Waals surface area contributed by atoms with Crippen LogP contribution in [-0.2, 0) is 14.8 Å². The van der Waals surface area contributed by atoms with Crippen molar-refractivity contribution in [3.05, 3.63) is 29.8 Å². The van der Waals surface area contributed by atoms with Gasteiger partial charge in [0.25, 0.3) is 0 Å². The molecule has 1 atom stereocenters. The van der Waals surface area contributed by atoms with Gasteiger partial charge in [0.2, 0.25) is 15.9 Å². The number of benzene rings is 1. The summed E-state index contributed by atoms with van der Waals surface area (Å²) in [6, 6.07) is 6.49. The van der Waals surface area contributed by atoms with Gasteiger partial charge in [-0.05, 0) is 38.8 Å². The van der Waals surface area contributed by atoms with Gasteiger partial charge in [0.1, 0.15) is 6.04 Å². The number of carbonyl (C=O) groups is 1. The SMILES string of the molecule is Cc1ccc(N(C(C)C(=O)N2CCCCCC2)S(C)(=O)=O)cc1. The quantitative estimate of drug-likeness (QED) is 0.848. The first kappa shape index (κ1) is 17.8. The van der Waals surface area contributed by atoms with E-state index in [4.69, 9.17) is 0 Å². The molecule has 5 nitrogen and oxygen atoms in total. The Morgan fingerprint density at radius 1 is 1.09 bits per heavy atom. The lowest BCUT2D eigenvalue weighted by Gasteiger charge is -2.32. The first-order chi connectivity index (χ1) is 10.8. The number of sulfonamides is 1. The smallest absolute Gasteiger partial charge is 0.246 e. The van der Waals surface area contributed by atoms with Crippen molar-refractivity contribution in [1.29, 1.82) is 0 Å². The molecule has 1 aliphatic rings. The monoisotopic (exact) mass is 338 g/mol. The van der Waals surface area contributed by atoms with Gasteiger partial charge in [-0.1, -0.05) is 30.5 Å². The second-order valence-electron chi connectivity index (χ2n) is 6.31. The fourth-order valence-corrected chi connectivity index (χ4v) is 4.22. The maximum absolute atomic E-state index is 12.8. The van der Waals surface area contributed by atoms with Crippen LogP contribution in [0, 0.1) is 6.92 Å². The van der Waals surface area contributed by atoms with Gasteiger partial charge >= 0.3 is 0 Å². The van der Waals surface area contributed by atoms with Crippen LogP contribution in [-0.4, -0.2) is 44.6 Å². The number of carbonyl (C=O) groups excluding carboxylic acids is 1. The standard InChI is InChI=1S/C17H26N2O3S/c1-14-8-10-16(11-9-14)19(23(3,21)22)15(2)17(20)18-12-6-4-5-7-13-18/h8-11,15H,4-7,12-13H2,1-3H3. The van der Waals surface area contributed by atoms with E-state index >= 15 is 0 Å². The first-order valence-electron chi connectivity index (χ1n) is 8.15. The number of hydrogen-bond donors (Lipinski definition) is 0. The van der Waals surface area contributed by atoms with E-state index in [1.165, 1.54) is 4.31 Å². The highest BCUT2D eigenvalue weighted by atomic mass is 32.2. The molecule has 23 heavy (non-hydrogen) atoms. The molecule has 1 fully saturated rings. The summed E-state index contributed by atoms with van der Waals surface area (Å²) < 4.78 is 25.8. The minimum Gasteiger partial charge on any atom is -0.341 e. The minimum absolute atomic E-state index is 0.113. The average Bonchev–Trinajstić information content (AvgIpc) is 2.76. The third-order valence-corrected chi connectivity index (χ3v) is 5.51. The van der Waals surface area contributed by atoms with E-state index in [9.17, 15) is 13.2 Å². The summed E-state index contributed by atoms with van der Waals surface area (Å²) in [4.78, 5) is 14.6. The van der Waals surface area contributed by atoms with Crippen LogP contribution < -0.4 is 4.31 Å². The van der Waals surface area contributed by atoms with Gasteiger partial charge in [0.15, 0.2) is 0 Å². The third kappa shape index (κ3) is 4.47. The van der Waals surface area contributed by atoms with Gasteiger partial charge in [0.05, 0.1) is 11.9 Å². The summed E-state index contributed by atoms with van der Waals surface area (Å²) in [7, 11) is -3.54. The molecule has 1 unspecified atom stereocenters. The Morgan fingerprint density at radius 3 is 2.09 bits per heavy atom. The zero-order valence-corrected chi connectivity index (χ0v) is 15.0. The number of likely N-dealkylation sites (tertiary alicyclic amines) is 1. The van der Waals surface area contributed by atoms with Crippen LogP contribution in [0.2, 0.25) is 0 Å². The van der Waals surface area contributed by atoms with Crippen molar-refractivity contribution in [1.82, 2.24) is 4.90 Å². The molecule has 0 saturated carbocycles. The van der Waals surface area contributed by atoms with Crippen molar-refractivity contribution >= 4 is 21.6 Å². The Bertz CT molecular complexity index is 632. The van der Waals surface area contributed by atoms with E-state index in [-0.39, 0.29) is 5.91 Å².